The second-order valence-electron chi connectivity index (χ2n) is 3.61. The third-order valence-corrected chi connectivity index (χ3v) is 2.84. The van der Waals surface area contributed by atoms with Crippen LogP contribution in [0.1, 0.15) is 12.8 Å². The number of rotatable bonds is 1. The molecule has 2 rings (SSSR count). The average Bonchev–Trinajstić information content (AvgIpc) is 2.63. The number of halogens is 1. The predicted molar refractivity (Wildman–Crippen MR) is 59.1 cm³/mol. The van der Waals surface area contributed by atoms with Crippen LogP contribution in [-0.4, -0.2) is 35.1 Å². The molecule has 1 saturated heterocycles. The van der Waals surface area contributed by atoms with E-state index in [4.69, 9.17) is 11.6 Å². The Hall–Kier alpha value is -0.960. The molecule has 0 aromatic carbocycles. The lowest BCUT2D eigenvalue weighted by Gasteiger charge is -2.32. The number of hydrogen-bond acceptors (Lipinski definition) is 3. The molecule has 0 aliphatic carbocycles. The van der Waals surface area contributed by atoms with Crippen LogP contribution in [0.3, 0.4) is 0 Å². The van der Waals surface area contributed by atoms with Crippen LogP contribution >= 0.6 is 11.6 Å². The van der Waals surface area contributed by atoms with E-state index in [9.17, 15) is 0 Å². The Morgan fingerprint density at radius 2 is 2.07 bits per heavy atom. The van der Waals surface area contributed by atoms with Gasteiger partial charge in [-0.3, -0.25) is 0 Å². The number of nitrogens with zero attached hydrogens (tertiary/aromatic N) is 3. The van der Waals surface area contributed by atoms with Crippen molar-refractivity contribution < 1.29 is 0 Å². The van der Waals surface area contributed by atoms with Crippen molar-refractivity contribution in [1.82, 2.24) is 9.80 Å². The molecule has 0 spiro atoms. The summed E-state index contributed by atoms with van der Waals surface area (Å²) < 4.78 is 0. The fourth-order valence-electron chi connectivity index (χ4n) is 1.82. The number of likely N-dealkylation sites (tertiary alicyclic amines) is 1. The number of hydrogen-bond donors (Lipinski definition) is 0. The average molecular weight is 212 g/mol. The molecule has 0 amide bonds. The summed E-state index contributed by atoms with van der Waals surface area (Å²) in [5, 5.41) is 0.523. The summed E-state index contributed by atoms with van der Waals surface area (Å²) in [6.45, 7) is 6.06. The van der Waals surface area contributed by atoms with Crippen LogP contribution < -0.4 is 0 Å². The molecule has 0 N–H and O–H groups in total. The fraction of sp³-hybridized carbons (Fsp3) is 0.500. The lowest BCUT2D eigenvalue weighted by Crippen LogP contribution is -2.32. The van der Waals surface area contributed by atoms with Crippen molar-refractivity contribution in [3.8, 4) is 0 Å². The third-order valence-electron chi connectivity index (χ3n) is 2.64. The van der Waals surface area contributed by atoms with E-state index >= 15 is 0 Å². The van der Waals surface area contributed by atoms with E-state index in [-0.39, 0.29) is 0 Å². The summed E-state index contributed by atoms with van der Waals surface area (Å²) in [7, 11) is 1.97. The summed E-state index contributed by atoms with van der Waals surface area (Å²) in [6.07, 6.45) is 4.42. The Morgan fingerprint density at radius 3 is 2.71 bits per heavy atom. The molecule has 0 saturated carbocycles. The smallest absolute Gasteiger partial charge is 0.135 e. The van der Waals surface area contributed by atoms with E-state index in [1.54, 1.807) is 0 Å². The quantitative estimate of drug-likeness (QED) is 0.661. The molecule has 3 nitrogen and oxygen atoms in total. The van der Waals surface area contributed by atoms with E-state index in [2.05, 4.69) is 16.5 Å². The highest BCUT2D eigenvalue weighted by Gasteiger charge is 2.22. The Bertz CT molecular complexity index is 313. The van der Waals surface area contributed by atoms with Gasteiger partial charge in [0, 0.05) is 26.2 Å². The first kappa shape index (κ1) is 9.59. The summed E-state index contributed by atoms with van der Waals surface area (Å²) in [6, 6.07) is 0. The maximum absolute atomic E-state index is 5.91. The maximum Gasteiger partial charge on any atom is 0.135 e. The van der Waals surface area contributed by atoms with Crippen molar-refractivity contribution in [2.24, 2.45) is 4.99 Å². The molecule has 2 aliphatic rings. The van der Waals surface area contributed by atoms with Gasteiger partial charge in [0.2, 0.25) is 0 Å². The molecule has 1 fully saturated rings. The van der Waals surface area contributed by atoms with Crippen LogP contribution in [-0.2, 0) is 0 Å². The molecule has 0 aromatic rings. The van der Waals surface area contributed by atoms with Crippen molar-refractivity contribution in [2.75, 3.05) is 20.1 Å². The van der Waals surface area contributed by atoms with Crippen LogP contribution in [0.25, 0.3) is 0 Å². The van der Waals surface area contributed by atoms with Gasteiger partial charge in [-0.05, 0) is 12.8 Å². The van der Waals surface area contributed by atoms with Gasteiger partial charge in [0.05, 0.1) is 0 Å². The molecule has 14 heavy (non-hydrogen) atoms. The second-order valence-corrected chi connectivity index (χ2v) is 3.99. The van der Waals surface area contributed by atoms with Crippen LogP contribution in [0, 0.1) is 0 Å². The van der Waals surface area contributed by atoms with Crippen LogP contribution in [0.15, 0.2) is 29.3 Å². The molecular formula is C10H14ClN3. The standard InChI is InChI=1S/C10H14ClN3/c1-8-12-9(11)7-10(13(8)2)14-5-3-4-6-14/h7H,1,3-6H2,2H3. The zero-order valence-electron chi connectivity index (χ0n) is 8.33. The van der Waals surface area contributed by atoms with Gasteiger partial charge in [0.15, 0.2) is 0 Å². The van der Waals surface area contributed by atoms with E-state index in [1.807, 2.05) is 18.0 Å². The van der Waals surface area contributed by atoms with Gasteiger partial charge in [-0.15, -0.1) is 0 Å². The zero-order chi connectivity index (χ0) is 10.1. The molecule has 2 heterocycles. The molecular weight excluding hydrogens is 198 g/mol. The molecule has 0 aromatic heterocycles. The lowest BCUT2D eigenvalue weighted by molar-refractivity contribution is 0.304. The van der Waals surface area contributed by atoms with E-state index < -0.39 is 0 Å². The second kappa shape index (κ2) is 3.65. The number of allylic oxidation sites excluding steroid dienone is 1. The molecule has 0 unspecified atom stereocenters. The van der Waals surface area contributed by atoms with Gasteiger partial charge in [-0.25, -0.2) is 4.99 Å². The minimum absolute atomic E-state index is 0.523. The minimum atomic E-state index is 0.523. The molecule has 0 radical (unpaired) electrons. The summed E-state index contributed by atoms with van der Waals surface area (Å²) >= 11 is 5.91. The van der Waals surface area contributed by atoms with Gasteiger partial charge in [0.25, 0.3) is 0 Å². The van der Waals surface area contributed by atoms with Crippen LogP contribution in [0.4, 0.5) is 0 Å². The van der Waals surface area contributed by atoms with E-state index in [0.29, 0.717) is 11.0 Å². The Kier molecular flexibility index (Phi) is 2.50. The van der Waals surface area contributed by atoms with Gasteiger partial charge in [0.1, 0.15) is 16.8 Å². The molecule has 0 atom stereocenters. The topological polar surface area (TPSA) is 18.8 Å². The largest absolute Gasteiger partial charge is 0.358 e. The molecule has 76 valence electrons. The highest BCUT2D eigenvalue weighted by molar-refractivity contribution is 6.68. The van der Waals surface area contributed by atoms with Crippen LogP contribution in [0.2, 0.25) is 0 Å². The highest BCUT2D eigenvalue weighted by atomic mass is 35.5. The van der Waals surface area contributed by atoms with Crippen molar-refractivity contribution in [3.05, 3.63) is 24.3 Å². The first-order valence-electron chi connectivity index (χ1n) is 4.82. The normalized spacial score (nSPS) is 22.6. The third kappa shape index (κ3) is 1.64. The Labute approximate surface area is 89.4 Å². The SMILES string of the molecule is C=C1N=C(Cl)C=C(N2CCCC2)N1C. The van der Waals surface area contributed by atoms with Gasteiger partial charge in [-0.2, -0.15) is 0 Å². The first-order chi connectivity index (χ1) is 6.68. The van der Waals surface area contributed by atoms with Crippen molar-refractivity contribution in [3.63, 3.8) is 0 Å². The summed E-state index contributed by atoms with van der Waals surface area (Å²) in [5.74, 6) is 1.83. The van der Waals surface area contributed by atoms with Gasteiger partial charge in [-0.1, -0.05) is 18.2 Å². The minimum Gasteiger partial charge on any atom is -0.358 e. The molecule has 0 bridgehead atoms. The fourth-order valence-corrected chi connectivity index (χ4v) is 2.01. The highest BCUT2D eigenvalue weighted by Crippen LogP contribution is 2.23. The molecule has 2 aliphatic heterocycles. The van der Waals surface area contributed by atoms with E-state index in [0.717, 1.165) is 18.9 Å². The van der Waals surface area contributed by atoms with Crippen molar-refractivity contribution in [2.45, 2.75) is 12.8 Å². The number of aliphatic imine (C=N–C) groups is 1. The Balaban J connectivity index is 2.23. The van der Waals surface area contributed by atoms with Gasteiger partial charge < -0.3 is 9.80 Å². The summed E-state index contributed by atoms with van der Waals surface area (Å²) in [5.41, 5.74) is 0. The van der Waals surface area contributed by atoms with Gasteiger partial charge >= 0.3 is 0 Å². The Morgan fingerprint density at radius 1 is 1.43 bits per heavy atom. The van der Waals surface area contributed by atoms with Crippen molar-refractivity contribution >= 4 is 16.8 Å². The van der Waals surface area contributed by atoms with E-state index in [1.165, 1.54) is 12.8 Å². The monoisotopic (exact) mass is 211 g/mol. The lowest BCUT2D eigenvalue weighted by atomic mass is 10.4. The van der Waals surface area contributed by atoms with Crippen molar-refractivity contribution in [1.29, 1.82) is 0 Å². The molecule has 4 heteroatoms. The first-order valence-corrected chi connectivity index (χ1v) is 5.20. The zero-order valence-corrected chi connectivity index (χ0v) is 9.09. The predicted octanol–water partition coefficient (Wildman–Crippen LogP) is 1.98. The van der Waals surface area contributed by atoms with Crippen LogP contribution in [0.5, 0.6) is 0 Å². The summed E-state index contributed by atoms with van der Waals surface area (Å²) in [4.78, 5) is 8.40. The maximum atomic E-state index is 5.91.